The van der Waals surface area contributed by atoms with Gasteiger partial charge in [0, 0.05) is 20.0 Å². The van der Waals surface area contributed by atoms with Crippen LogP contribution in [0.4, 0.5) is 4.39 Å². The van der Waals surface area contributed by atoms with Gasteiger partial charge < -0.3 is 15.7 Å². The van der Waals surface area contributed by atoms with Crippen molar-refractivity contribution in [2.45, 2.75) is 6.42 Å². The number of carboxylic acids is 1. The molecule has 0 aliphatic heterocycles. The summed E-state index contributed by atoms with van der Waals surface area (Å²) in [5, 5.41) is 13.4. The zero-order valence-electron chi connectivity index (χ0n) is 10.2. The van der Waals surface area contributed by atoms with Crippen LogP contribution in [0.3, 0.4) is 0 Å². The normalized spacial score (nSPS) is 9.79. The second-order valence-electron chi connectivity index (χ2n) is 3.68. The number of aromatic carboxylic acids is 1. The molecule has 102 valence electrons. The van der Waals surface area contributed by atoms with E-state index in [1.54, 1.807) is 0 Å². The van der Waals surface area contributed by atoms with Crippen molar-refractivity contribution < 1.29 is 23.9 Å². The van der Waals surface area contributed by atoms with Gasteiger partial charge in [-0.25, -0.2) is 9.18 Å². The predicted molar refractivity (Wildman–Crippen MR) is 64.4 cm³/mol. The van der Waals surface area contributed by atoms with Crippen molar-refractivity contribution in [3.63, 3.8) is 0 Å². The molecule has 7 heteroatoms. The molecular weight excluding hydrogens is 255 g/mol. The second kappa shape index (κ2) is 6.48. The molecule has 0 radical (unpaired) electrons. The van der Waals surface area contributed by atoms with Crippen LogP contribution in [0, 0.1) is 5.82 Å². The summed E-state index contributed by atoms with van der Waals surface area (Å²) in [6.07, 6.45) is 0.0804. The van der Waals surface area contributed by atoms with Crippen LogP contribution < -0.4 is 10.6 Å². The maximum absolute atomic E-state index is 13.5. The van der Waals surface area contributed by atoms with E-state index in [0.717, 1.165) is 18.2 Å². The van der Waals surface area contributed by atoms with E-state index in [1.165, 1.54) is 7.05 Å². The van der Waals surface area contributed by atoms with E-state index in [9.17, 15) is 18.8 Å². The first-order chi connectivity index (χ1) is 8.95. The second-order valence-corrected chi connectivity index (χ2v) is 3.68. The van der Waals surface area contributed by atoms with Crippen molar-refractivity contribution in [1.82, 2.24) is 10.6 Å². The van der Waals surface area contributed by atoms with Gasteiger partial charge in [-0.2, -0.15) is 0 Å². The largest absolute Gasteiger partial charge is 0.478 e. The number of nitrogens with one attached hydrogen (secondary N) is 2. The molecule has 1 rings (SSSR count). The van der Waals surface area contributed by atoms with Gasteiger partial charge in [0.15, 0.2) is 0 Å². The first-order valence-corrected chi connectivity index (χ1v) is 5.47. The summed E-state index contributed by atoms with van der Waals surface area (Å²) in [5.74, 6) is -3.14. The van der Waals surface area contributed by atoms with Gasteiger partial charge in [0.2, 0.25) is 5.91 Å². The third-order valence-electron chi connectivity index (χ3n) is 2.38. The monoisotopic (exact) mass is 268 g/mol. The maximum Gasteiger partial charge on any atom is 0.335 e. The molecule has 0 atom stereocenters. The summed E-state index contributed by atoms with van der Waals surface area (Å²) in [7, 11) is 1.47. The van der Waals surface area contributed by atoms with Crippen molar-refractivity contribution in [2.75, 3.05) is 13.6 Å². The Morgan fingerprint density at radius 2 is 2.00 bits per heavy atom. The lowest BCUT2D eigenvalue weighted by Crippen LogP contribution is -2.29. The van der Waals surface area contributed by atoms with Gasteiger partial charge >= 0.3 is 5.97 Å². The molecule has 0 saturated carbocycles. The van der Waals surface area contributed by atoms with E-state index < -0.39 is 17.7 Å². The molecule has 19 heavy (non-hydrogen) atoms. The van der Waals surface area contributed by atoms with Crippen LogP contribution in [-0.2, 0) is 4.79 Å². The molecular formula is C12H13FN2O4. The molecule has 2 amide bonds. The van der Waals surface area contributed by atoms with Crippen LogP contribution in [0.1, 0.15) is 27.1 Å². The SMILES string of the molecule is CNC(=O)CCNC(=O)c1ccc(C(=O)O)cc1F. The summed E-state index contributed by atoms with van der Waals surface area (Å²) < 4.78 is 13.5. The van der Waals surface area contributed by atoms with E-state index in [0.29, 0.717) is 0 Å². The van der Waals surface area contributed by atoms with Crippen molar-refractivity contribution in [3.8, 4) is 0 Å². The number of halogens is 1. The molecule has 0 saturated heterocycles. The summed E-state index contributed by atoms with van der Waals surface area (Å²) in [5.41, 5.74) is -0.499. The quantitative estimate of drug-likeness (QED) is 0.719. The Labute approximate surface area is 108 Å². The molecule has 3 N–H and O–H groups in total. The number of hydrogen-bond donors (Lipinski definition) is 3. The maximum atomic E-state index is 13.5. The fourth-order valence-corrected chi connectivity index (χ4v) is 1.34. The number of benzene rings is 1. The van der Waals surface area contributed by atoms with Crippen LogP contribution >= 0.6 is 0 Å². The Kier molecular flexibility index (Phi) is 4.99. The molecule has 0 fully saturated rings. The van der Waals surface area contributed by atoms with Crippen molar-refractivity contribution >= 4 is 17.8 Å². The van der Waals surface area contributed by atoms with Crippen LogP contribution in [0.15, 0.2) is 18.2 Å². The van der Waals surface area contributed by atoms with Crippen molar-refractivity contribution in [2.24, 2.45) is 0 Å². The molecule has 0 bridgehead atoms. The molecule has 0 heterocycles. The summed E-state index contributed by atoms with van der Waals surface area (Å²) >= 11 is 0. The van der Waals surface area contributed by atoms with Crippen LogP contribution in [-0.4, -0.2) is 36.5 Å². The lowest BCUT2D eigenvalue weighted by molar-refractivity contribution is -0.120. The number of amides is 2. The number of hydrogen-bond acceptors (Lipinski definition) is 3. The fraction of sp³-hybridized carbons (Fsp3) is 0.250. The van der Waals surface area contributed by atoms with E-state index in [4.69, 9.17) is 5.11 Å². The molecule has 0 aromatic heterocycles. The first-order valence-electron chi connectivity index (χ1n) is 5.47. The Morgan fingerprint density at radius 3 is 2.53 bits per heavy atom. The van der Waals surface area contributed by atoms with E-state index in [1.807, 2.05) is 0 Å². The zero-order valence-corrected chi connectivity index (χ0v) is 10.2. The van der Waals surface area contributed by atoms with Crippen LogP contribution in [0.25, 0.3) is 0 Å². The third-order valence-corrected chi connectivity index (χ3v) is 2.38. The molecule has 1 aromatic rings. The van der Waals surface area contributed by atoms with Gasteiger partial charge in [-0.15, -0.1) is 0 Å². The third kappa shape index (κ3) is 4.06. The highest BCUT2D eigenvalue weighted by atomic mass is 19.1. The van der Waals surface area contributed by atoms with Crippen molar-refractivity contribution in [3.05, 3.63) is 35.1 Å². The highest BCUT2D eigenvalue weighted by molar-refractivity contribution is 5.96. The molecule has 0 unspecified atom stereocenters. The minimum Gasteiger partial charge on any atom is -0.478 e. The highest BCUT2D eigenvalue weighted by Crippen LogP contribution is 2.10. The van der Waals surface area contributed by atoms with Gasteiger partial charge in [-0.1, -0.05) is 0 Å². The minimum absolute atomic E-state index is 0.0681. The first kappa shape index (κ1) is 14.6. The Balaban J connectivity index is 2.67. The molecule has 0 aliphatic rings. The predicted octanol–water partition coefficient (Wildman–Crippen LogP) is 0.390. The summed E-state index contributed by atoms with van der Waals surface area (Å²) in [4.78, 5) is 33.1. The Bertz CT molecular complexity index is 516. The lowest BCUT2D eigenvalue weighted by Gasteiger charge is -2.06. The Hall–Kier alpha value is -2.44. The van der Waals surface area contributed by atoms with Gasteiger partial charge in [-0.05, 0) is 18.2 Å². The standard InChI is InChI=1S/C12H13FN2O4/c1-14-10(16)4-5-15-11(17)8-3-2-7(12(18)19)6-9(8)13/h2-3,6H,4-5H2,1H3,(H,14,16)(H,15,17)(H,18,19). The highest BCUT2D eigenvalue weighted by Gasteiger charge is 2.14. The summed E-state index contributed by atoms with van der Waals surface area (Å²) in [6, 6.07) is 3.00. The Morgan fingerprint density at radius 1 is 1.32 bits per heavy atom. The molecule has 6 nitrogen and oxygen atoms in total. The van der Waals surface area contributed by atoms with Crippen molar-refractivity contribution in [1.29, 1.82) is 0 Å². The van der Waals surface area contributed by atoms with Gasteiger partial charge in [0.1, 0.15) is 5.82 Å². The smallest absolute Gasteiger partial charge is 0.335 e. The van der Waals surface area contributed by atoms with Gasteiger partial charge in [0.05, 0.1) is 11.1 Å². The van der Waals surface area contributed by atoms with E-state index in [2.05, 4.69) is 10.6 Å². The molecule has 1 aromatic carbocycles. The van der Waals surface area contributed by atoms with E-state index in [-0.39, 0.29) is 30.0 Å². The number of carboxylic acid groups (broad SMARTS) is 1. The molecule has 0 spiro atoms. The fourth-order valence-electron chi connectivity index (χ4n) is 1.34. The number of rotatable bonds is 5. The number of carbonyl (C=O) groups is 3. The molecule has 0 aliphatic carbocycles. The number of carbonyl (C=O) groups excluding carboxylic acids is 2. The minimum atomic E-state index is -1.27. The average molecular weight is 268 g/mol. The lowest BCUT2D eigenvalue weighted by atomic mass is 10.1. The summed E-state index contributed by atoms with van der Waals surface area (Å²) in [6.45, 7) is 0.0681. The topological polar surface area (TPSA) is 95.5 Å². The van der Waals surface area contributed by atoms with Gasteiger partial charge in [0.25, 0.3) is 5.91 Å². The zero-order chi connectivity index (χ0) is 14.4. The van der Waals surface area contributed by atoms with Crippen LogP contribution in [0.2, 0.25) is 0 Å². The van der Waals surface area contributed by atoms with Crippen LogP contribution in [0.5, 0.6) is 0 Å². The van der Waals surface area contributed by atoms with E-state index >= 15 is 0 Å². The average Bonchev–Trinajstić information content (AvgIpc) is 2.37. The van der Waals surface area contributed by atoms with Gasteiger partial charge in [-0.3, -0.25) is 9.59 Å².